The summed E-state index contributed by atoms with van der Waals surface area (Å²) in [5.41, 5.74) is 7.38. The number of nitrogens with two attached hydrogens (primary N) is 1. The smallest absolute Gasteiger partial charge is 0.241 e. The summed E-state index contributed by atoms with van der Waals surface area (Å²) < 4.78 is 6.66. The second-order valence-electron chi connectivity index (χ2n) is 4.70. The summed E-state index contributed by atoms with van der Waals surface area (Å²) in [6.07, 6.45) is 4.86. The van der Waals surface area contributed by atoms with Crippen molar-refractivity contribution in [2.75, 3.05) is 19.0 Å². The molecule has 112 valence electrons. The summed E-state index contributed by atoms with van der Waals surface area (Å²) >= 11 is 0. The van der Waals surface area contributed by atoms with Gasteiger partial charge in [-0.05, 0) is 31.0 Å². The number of amides is 1. The lowest BCUT2D eigenvalue weighted by molar-refractivity contribution is -0.117. The van der Waals surface area contributed by atoms with Gasteiger partial charge in [-0.25, -0.2) is 4.68 Å². The van der Waals surface area contributed by atoms with Gasteiger partial charge < -0.3 is 15.8 Å². The second kappa shape index (κ2) is 7.56. The predicted molar refractivity (Wildman–Crippen MR) is 81.3 cm³/mol. The van der Waals surface area contributed by atoms with Crippen molar-refractivity contribution in [3.63, 3.8) is 0 Å². The van der Waals surface area contributed by atoms with E-state index in [0.717, 1.165) is 12.1 Å². The molecule has 3 N–H and O–H groups in total. The highest BCUT2D eigenvalue weighted by atomic mass is 16.5. The van der Waals surface area contributed by atoms with Crippen LogP contribution < -0.4 is 11.1 Å². The largest absolute Gasteiger partial charge is 0.385 e. The summed E-state index contributed by atoms with van der Waals surface area (Å²) in [6, 6.07) is 8.75. The molecule has 6 heteroatoms. The first-order valence-corrected chi connectivity index (χ1v) is 6.87. The number of benzene rings is 1. The maximum atomic E-state index is 12.1. The molecule has 0 fully saturated rings. The molecule has 2 aromatic rings. The molecule has 1 aromatic carbocycles. The van der Waals surface area contributed by atoms with Gasteiger partial charge in [-0.1, -0.05) is 12.1 Å². The van der Waals surface area contributed by atoms with E-state index in [-0.39, 0.29) is 5.91 Å². The molecular formula is C15H20N4O2. The highest BCUT2D eigenvalue weighted by Gasteiger charge is 2.15. The first-order valence-electron chi connectivity index (χ1n) is 6.87. The van der Waals surface area contributed by atoms with Gasteiger partial charge in [0, 0.05) is 26.1 Å². The van der Waals surface area contributed by atoms with Gasteiger partial charge in [0.25, 0.3) is 0 Å². The van der Waals surface area contributed by atoms with Gasteiger partial charge in [0.05, 0.1) is 17.4 Å². The molecule has 6 nitrogen and oxygen atoms in total. The third kappa shape index (κ3) is 4.14. The average Bonchev–Trinajstić information content (AvgIpc) is 3.02. The Morgan fingerprint density at radius 3 is 2.95 bits per heavy atom. The fourth-order valence-electron chi connectivity index (χ4n) is 1.99. The normalized spacial score (nSPS) is 12.1. The molecule has 1 unspecified atom stereocenters. The fraction of sp³-hybridized carbons (Fsp3) is 0.333. The van der Waals surface area contributed by atoms with Gasteiger partial charge in [-0.2, -0.15) is 5.10 Å². The Kier molecular flexibility index (Phi) is 5.48. The van der Waals surface area contributed by atoms with Crippen LogP contribution in [0.1, 0.15) is 12.8 Å². The van der Waals surface area contributed by atoms with E-state index < -0.39 is 6.04 Å². The maximum Gasteiger partial charge on any atom is 0.241 e. The monoisotopic (exact) mass is 288 g/mol. The van der Waals surface area contributed by atoms with E-state index in [1.54, 1.807) is 18.0 Å². The minimum atomic E-state index is -0.550. The van der Waals surface area contributed by atoms with Crippen LogP contribution in [-0.2, 0) is 9.53 Å². The molecule has 1 heterocycles. The zero-order valence-corrected chi connectivity index (χ0v) is 12.0. The number of carbonyl (C=O) groups is 1. The Hall–Kier alpha value is -2.18. The summed E-state index contributed by atoms with van der Waals surface area (Å²) in [7, 11) is 1.63. The number of carbonyl (C=O) groups excluding carboxylic acids is 1. The molecule has 2 rings (SSSR count). The van der Waals surface area contributed by atoms with E-state index >= 15 is 0 Å². The number of nitrogens with one attached hydrogen (secondary N) is 1. The van der Waals surface area contributed by atoms with E-state index in [4.69, 9.17) is 10.5 Å². The highest BCUT2D eigenvalue weighted by molar-refractivity contribution is 5.96. The van der Waals surface area contributed by atoms with Crippen LogP contribution in [0.2, 0.25) is 0 Å². The molecule has 1 aromatic heterocycles. The number of aromatic nitrogens is 2. The zero-order chi connectivity index (χ0) is 15.1. The highest BCUT2D eigenvalue weighted by Crippen LogP contribution is 2.19. The van der Waals surface area contributed by atoms with Crippen molar-refractivity contribution >= 4 is 11.6 Å². The lowest BCUT2D eigenvalue weighted by Gasteiger charge is -2.14. The Morgan fingerprint density at radius 1 is 1.43 bits per heavy atom. The molecule has 0 spiro atoms. The van der Waals surface area contributed by atoms with Gasteiger partial charge in [0.2, 0.25) is 5.91 Å². The molecule has 0 aliphatic rings. The number of methoxy groups -OCH3 is 1. The van der Waals surface area contributed by atoms with Crippen LogP contribution in [0.5, 0.6) is 0 Å². The SMILES string of the molecule is COCCCC(N)C(=O)Nc1ccccc1-n1cccn1. The van der Waals surface area contributed by atoms with Crippen LogP contribution >= 0.6 is 0 Å². The molecular weight excluding hydrogens is 268 g/mol. The van der Waals surface area contributed by atoms with Crippen molar-refractivity contribution in [3.8, 4) is 5.69 Å². The molecule has 0 aliphatic heterocycles. The van der Waals surface area contributed by atoms with E-state index in [2.05, 4.69) is 10.4 Å². The number of anilines is 1. The van der Waals surface area contributed by atoms with Crippen molar-refractivity contribution in [2.24, 2.45) is 5.73 Å². The van der Waals surface area contributed by atoms with E-state index in [9.17, 15) is 4.79 Å². The van der Waals surface area contributed by atoms with Gasteiger partial charge in [0.15, 0.2) is 0 Å². The topological polar surface area (TPSA) is 82.2 Å². The number of hydrogen-bond acceptors (Lipinski definition) is 4. The van der Waals surface area contributed by atoms with Crippen molar-refractivity contribution in [1.82, 2.24) is 9.78 Å². The van der Waals surface area contributed by atoms with Crippen LogP contribution in [0.3, 0.4) is 0 Å². The first-order chi connectivity index (χ1) is 10.2. The number of ether oxygens (including phenoxy) is 1. The van der Waals surface area contributed by atoms with Gasteiger partial charge in [-0.3, -0.25) is 4.79 Å². The standard InChI is InChI=1S/C15H20N4O2/c1-21-11-4-6-12(16)15(20)18-13-7-2-3-8-14(13)19-10-5-9-17-19/h2-3,5,7-10,12H,4,6,11,16H2,1H3,(H,18,20). The van der Waals surface area contributed by atoms with Crippen molar-refractivity contribution in [1.29, 1.82) is 0 Å². The number of hydrogen-bond donors (Lipinski definition) is 2. The Labute approximate surface area is 123 Å². The Morgan fingerprint density at radius 2 is 2.24 bits per heavy atom. The minimum absolute atomic E-state index is 0.203. The van der Waals surface area contributed by atoms with Crippen molar-refractivity contribution in [3.05, 3.63) is 42.7 Å². The Balaban J connectivity index is 2.04. The van der Waals surface area contributed by atoms with Crippen LogP contribution in [0.15, 0.2) is 42.7 Å². The molecule has 0 aliphatic carbocycles. The number of rotatable bonds is 7. The van der Waals surface area contributed by atoms with Crippen molar-refractivity contribution < 1.29 is 9.53 Å². The molecule has 21 heavy (non-hydrogen) atoms. The molecule has 1 atom stereocenters. The molecule has 1 amide bonds. The Bertz CT molecular complexity index is 569. The third-order valence-corrected chi connectivity index (χ3v) is 3.11. The summed E-state index contributed by atoms with van der Waals surface area (Å²) in [4.78, 5) is 12.1. The van der Waals surface area contributed by atoms with Gasteiger partial charge in [-0.15, -0.1) is 0 Å². The lowest BCUT2D eigenvalue weighted by Crippen LogP contribution is -2.36. The molecule has 0 saturated carbocycles. The average molecular weight is 288 g/mol. The molecule has 0 radical (unpaired) electrons. The fourth-order valence-corrected chi connectivity index (χ4v) is 1.99. The minimum Gasteiger partial charge on any atom is -0.385 e. The second-order valence-corrected chi connectivity index (χ2v) is 4.70. The summed E-state index contributed by atoms with van der Waals surface area (Å²) in [5.74, 6) is -0.203. The van der Waals surface area contributed by atoms with Gasteiger partial charge in [0.1, 0.15) is 0 Å². The van der Waals surface area contributed by atoms with Crippen LogP contribution in [-0.4, -0.2) is 35.4 Å². The van der Waals surface area contributed by atoms with E-state index in [1.807, 2.05) is 36.5 Å². The summed E-state index contributed by atoms with van der Waals surface area (Å²) in [5, 5.41) is 7.04. The molecule has 0 bridgehead atoms. The lowest BCUT2D eigenvalue weighted by atomic mass is 10.1. The maximum absolute atomic E-state index is 12.1. The summed E-state index contributed by atoms with van der Waals surface area (Å²) in [6.45, 7) is 0.602. The van der Waals surface area contributed by atoms with Gasteiger partial charge >= 0.3 is 0 Å². The predicted octanol–water partition coefficient (Wildman–Crippen LogP) is 1.56. The number of para-hydroxylation sites is 2. The van der Waals surface area contributed by atoms with Crippen molar-refractivity contribution in [2.45, 2.75) is 18.9 Å². The van der Waals surface area contributed by atoms with E-state index in [0.29, 0.717) is 18.7 Å². The first kappa shape index (κ1) is 15.2. The van der Waals surface area contributed by atoms with Crippen LogP contribution in [0.4, 0.5) is 5.69 Å². The van der Waals surface area contributed by atoms with Crippen LogP contribution in [0, 0.1) is 0 Å². The number of nitrogens with zero attached hydrogens (tertiary/aromatic N) is 2. The molecule has 0 saturated heterocycles. The van der Waals surface area contributed by atoms with Crippen LogP contribution in [0.25, 0.3) is 5.69 Å². The third-order valence-electron chi connectivity index (χ3n) is 3.11. The quantitative estimate of drug-likeness (QED) is 0.758. The van der Waals surface area contributed by atoms with E-state index in [1.165, 1.54) is 0 Å². The zero-order valence-electron chi connectivity index (χ0n) is 12.0.